The van der Waals surface area contributed by atoms with E-state index < -0.39 is 0 Å². The topological polar surface area (TPSA) is 69.3 Å². The smallest absolute Gasteiger partial charge is 0.255 e. The van der Waals surface area contributed by atoms with Gasteiger partial charge in [0.1, 0.15) is 5.82 Å². The summed E-state index contributed by atoms with van der Waals surface area (Å²) >= 11 is 0. The summed E-state index contributed by atoms with van der Waals surface area (Å²) in [6.07, 6.45) is 4.02. The molecule has 1 aromatic carbocycles. The summed E-state index contributed by atoms with van der Waals surface area (Å²) in [4.78, 5) is 37.2. The predicted molar refractivity (Wildman–Crippen MR) is 108 cm³/mol. The molecule has 0 unspecified atom stereocenters. The third-order valence-corrected chi connectivity index (χ3v) is 5.91. The van der Waals surface area contributed by atoms with E-state index in [0.29, 0.717) is 19.5 Å². The molecule has 2 aliphatic rings. The fourth-order valence-electron chi connectivity index (χ4n) is 4.25. The van der Waals surface area contributed by atoms with Gasteiger partial charge in [-0.25, -0.2) is 4.98 Å². The number of nitrogens with zero attached hydrogens (tertiary/aromatic N) is 3. The van der Waals surface area contributed by atoms with Gasteiger partial charge in [-0.05, 0) is 31.9 Å². The Balaban J connectivity index is 1.43. The highest BCUT2D eigenvalue weighted by Gasteiger charge is 2.28. The molecule has 1 amide bonds. The molecule has 6 nitrogen and oxygen atoms in total. The number of nitrogens with one attached hydrogen (secondary N) is 1. The standard InChI is InChI=1S/C22H28N4O2/c1-25-13-11-19-18(15-25)22(28)24-21(23-19)17-8-5-12-26(14-17)20(27)10-9-16-6-3-2-4-7-16/h2-4,6-7,17H,5,8-15H2,1H3,(H,23,24,28)/t17-/m0/s1. The number of hydrogen-bond acceptors (Lipinski definition) is 4. The van der Waals surface area contributed by atoms with Crippen LogP contribution in [0, 0.1) is 0 Å². The zero-order chi connectivity index (χ0) is 19.5. The molecule has 28 heavy (non-hydrogen) atoms. The Labute approximate surface area is 165 Å². The molecule has 6 heteroatoms. The summed E-state index contributed by atoms with van der Waals surface area (Å²) in [6.45, 7) is 3.03. The zero-order valence-electron chi connectivity index (χ0n) is 16.5. The average molecular weight is 380 g/mol. The van der Waals surface area contributed by atoms with Gasteiger partial charge in [0.15, 0.2) is 0 Å². The number of carbonyl (C=O) groups excluding carboxylic acids is 1. The molecule has 0 aliphatic carbocycles. The maximum absolute atomic E-state index is 12.7. The molecule has 0 saturated carbocycles. The summed E-state index contributed by atoms with van der Waals surface area (Å²) in [5.74, 6) is 1.07. The molecular formula is C22H28N4O2. The summed E-state index contributed by atoms with van der Waals surface area (Å²) in [5, 5.41) is 0. The van der Waals surface area contributed by atoms with Crippen LogP contribution in [0.5, 0.6) is 0 Å². The van der Waals surface area contributed by atoms with E-state index in [2.05, 4.69) is 22.0 Å². The molecule has 4 rings (SSSR count). The number of carbonyl (C=O) groups is 1. The fraction of sp³-hybridized carbons (Fsp3) is 0.500. The highest BCUT2D eigenvalue weighted by Crippen LogP contribution is 2.25. The molecule has 1 saturated heterocycles. The highest BCUT2D eigenvalue weighted by molar-refractivity contribution is 5.76. The second-order valence-corrected chi connectivity index (χ2v) is 8.03. The van der Waals surface area contributed by atoms with Gasteiger partial charge in [-0.15, -0.1) is 0 Å². The van der Waals surface area contributed by atoms with Crippen molar-refractivity contribution in [2.24, 2.45) is 0 Å². The van der Waals surface area contributed by atoms with Crippen molar-refractivity contribution in [1.82, 2.24) is 19.8 Å². The van der Waals surface area contributed by atoms with Crippen LogP contribution in [-0.2, 0) is 24.2 Å². The second kappa shape index (κ2) is 8.27. The molecule has 2 aliphatic heterocycles. The van der Waals surface area contributed by atoms with E-state index in [1.54, 1.807) is 0 Å². The van der Waals surface area contributed by atoms with Crippen LogP contribution in [0.15, 0.2) is 35.1 Å². The van der Waals surface area contributed by atoms with Gasteiger partial charge in [0, 0.05) is 44.9 Å². The number of rotatable bonds is 4. The first kappa shape index (κ1) is 18.9. The van der Waals surface area contributed by atoms with E-state index in [0.717, 1.165) is 55.9 Å². The number of piperidine rings is 1. The van der Waals surface area contributed by atoms with E-state index in [1.165, 1.54) is 5.56 Å². The Bertz CT molecular complexity index is 893. The first-order chi connectivity index (χ1) is 13.6. The average Bonchev–Trinajstić information content (AvgIpc) is 2.73. The van der Waals surface area contributed by atoms with Gasteiger partial charge in [-0.3, -0.25) is 9.59 Å². The molecule has 1 fully saturated rings. The Morgan fingerprint density at radius 2 is 2.07 bits per heavy atom. The van der Waals surface area contributed by atoms with E-state index in [4.69, 9.17) is 4.98 Å². The summed E-state index contributed by atoms with van der Waals surface area (Å²) in [7, 11) is 2.02. The normalized spacial score (nSPS) is 20.0. The third kappa shape index (κ3) is 4.17. The quantitative estimate of drug-likeness (QED) is 0.882. The molecule has 0 radical (unpaired) electrons. The van der Waals surface area contributed by atoms with E-state index in [1.807, 2.05) is 30.1 Å². The number of hydrogen-bond donors (Lipinski definition) is 1. The van der Waals surface area contributed by atoms with Gasteiger partial charge < -0.3 is 14.8 Å². The van der Waals surface area contributed by atoms with Crippen LogP contribution >= 0.6 is 0 Å². The number of aryl methyl sites for hydroxylation is 1. The minimum atomic E-state index is -0.0147. The molecule has 1 aromatic heterocycles. The van der Waals surface area contributed by atoms with Crippen molar-refractivity contribution in [3.8, 4) is 0 Å². The molecular weight excluding hydrogens is 352 g/mol. The van der Waals surface area contributed by atoms with E-state index >= 15 is 0 Å². The number of benzene rings is 1. The summed E-state index contributed by atoms with van der Waals surface area (Å²) < 4.78 is 0. The van der Waals surface area contributed by atoms with Crippen LogP contribution in [0.3, 0.4) is 0 Å². The highest BCUT2D eigenvalue weighted by atomic mass is 16.2. The number of likely N-dealkylation sites (tertiary alicyclic amines) is 1. The lowest BCUT2D eigenvalue weighted by atomic mass is 9.96. The second-order valence-electron chi connectivity index (χ2n) is 8.03. The number of fused-ring (bicyclic) bond motifs is 1. The van der Waals surface area contributed by atoms with E-state index in [-0.39, 0.29) is 17.4 Å². The molecule has 3 heterocycles. The van der Waals surface area contributed by atoms with Gasteiger partial charge in [0.05, 0.1) is 11.3 Å². The number of H-pyrrole nitrogens is 1. The van der Waals surface area contributed by atoms with Crippen LogP contribution in [0.25, 0.3) is 0 Å². The van der Waals surface area contributed by atoms with Gasteiger partial charge in [0.25, 0.3) is 5.56 Å². The van der Waals surface area contributed by atoms with Gasteiger partial charge in [-0.2, -0.15) is 0 Å². The molecule has 0 spiro atoms. The summed E-state index contributed by atoms with van der Waals surface area (Å²) in [5.41, 5.74) is 2.91. The molecule has 1 atom stereocenters. The van der Waals surface area contributed by atoms with Crippen LogP contribution < -0.4 is 5.56 Å². The van der Waals surface area contributed by atoms with Crippen molar-refractivity contribution in [2.45, 2.75) is 44.6 Å². The molecule has 0 bridgehead atoms. The fourth-order valence-corrected chi connectivity index (χ4v) is 4.25. The van der Waals surface area contributed by atoms with Crippen LogP contribution in [0.2, 0.25) is 0 Å². The SMILES string of the molecule is CN1CCc2nc([C@H]3CCCN(C(=O)CCc4ccccc4)C3)[nH]c(=O)c2C1. The van der Waals surface area contributed by atoms with Crippen molar-refractivity contribution in [3.63, 3.8) is 0 Å². The zero-order valence-corrected chi connectivity index (χ0v) is 16.5. The summed E-state index contributed by atoms with van der Waals surface area (Å²) in [6, 6.07) is 10.1. The molecule has 2 aromatic rings. The lowest BCUT2D eigenvalue weighted by Crippen LogP contribution is -2.41. The number of aromatic amines is 1. The van der Waals surface area contributed by atoms with Crippen LogP contribution in [-0.4, -0.2) is 52.4 Å². The number of likely N-dealkylation sites (N-methyl/N-ethyl adjacent to an activating group) is 1. The Hall–Kier alpha value is -2.47. The van der Waals surface area contributed by atoms with Gasteiger partial charge in [-0.1, -0.05) is 30.3 Å². The van der Waals surface area contributed by atoms with Crippen LogP contribution in [0.1, 0.15) is 47.8 Å². The minimum Gasteiger partial charge on any atom is -0.342 e. The van der Waals surface area contributed by atoms with Crippen molar-refractivity contribution in [1.29, 1.82) is 0 Å². The number of amides is 1. The molecule has 148 valence electrons. The largest absolute Gasteiger partial charge is 0.342 e. The first-order valence-electron chi connectivity index (χ1n) is 10.2. The van der Waals surface area contributed by atoms with Crippen LogP contribution in [0.4, 0.5) is 0 Å². The van der Waals surface area contributed by atoms with Crippen molar-refractivity contribution in [2.75, 3.05) is 26.7 Å². The predicted octanol–water partition coefficient (Wildman–Crippen LogP) is 2.10. The maximum Gasteiger partial charge on any atom is 0.255 e. The first-order valence-corrected chi connectivity index (χ1v) is 10.2. The van der Waals surface area contributed by atoms with Crippen molar-refractivity contribution < 1.29 is 4.79 Å². The lowest BCUT2D eigenvalue weighted by molar-refractivity contribution is -0.132. The van der Waals surface area contributed by atoms with Gasteiger partial charge >= 0.3 is 0 Å². The van der Waals surface area contributed by atoms with Gasteiger partial charge in [0.2, 0.25) is 5.91 Å². The Morgan fingerprint density at radius 1 is 1.25 bits per heavy atom. The van der Waals surface area contributed by atoms with Crippen molar-refractivity contribution >= 4 is 5.91 Å². The Morgan fingerprint density at radius 3 is 2.89 bits per heavy atom. The maximum atomic E-state index is 12.7. The lowest BCUT2D eigenvalue weighted by Gasteiger charge is -2.33. The number of aromatic nitrogens is 2. The monoisotopic (exact) mass is 380 g/mol. The minimum absolute atomic E-state index is 0.0147. The van der Waals surface area contributed by atoms with Crippen molar-refractivity contribution in [3.05, 3.63) is 63.3 Å². The van der Waals surface area contributed by atoms with E-state index in [9.17, 15) is 9.59 Å². The Kier molecular flexibility index (Phi) is 5.57. The third-order valence-electron chi connectivity index (χ3n) is 5.91. The molecule has 1 N–H and O–H groups in total.